The van der Waals surface area contributed by atoms with Gasteiger partial charge in [0.1, 0.15) is 23.2 Å². The van der Waals surface area contributed by atoms with Gasteiger partial charge in [-0.1, -0.05) is 12.1 Å². The lowest BCUT2D eigenvalue weighted by Crippen LogP contribution is -2.33. The van der Waals surface area contributed by atoms with Crippen molar-refractivity contribution in [3.8, 4) is 5.75 Å². The molecule has 1 aliphatic heterocycles. The summed E-state index contributed by atoms with van der Waals surface area (Å²) in [7, 11) is 3.42. The van der Waals surface area contributed by atoms with Crippen molar-refractivity contribution in [2.75, 3.05) is 55.4 Å². The van der Waals surface area contributed by atoms with Crippen molar-refractivity contribution in [3.63, 3.8) is 0 Å². The summed E-state index contributed by atoms with van der Waals surface area (Å²) >= 11 is 0. The van der Waals surface area contributed by atoms with Crippen molar-refractivity contribution >= 4 is 29.5 Å². The van der Waals surface area contributed by atoms with E-state index in [2.05, 4.69) is 20.3 Å². The number of carbonyl (C=O) groups excluding carboxylic acids is 1. The summed E-state index contributed by atoms with van der Waals surface area (Å²) < 4.78 is 6.30. The molecule has 2 N–H and O–H groups in total. The van der Waals surface area contributed by atoms with E-state index in [1.807, 2.05) is 61.3 Å². The van der Waals surface area contributed by atoms with Gasteiger partial charge < -0.3 is 29.9 Å². The van der Waals surface area contributed by atoms with Crippen LogP contribution in [0.2, 0.25) is 0 Å². The third-order valence-corrected chi connectivity index (χ3v) is 6.08. The van der Waals surface area contributed by atoms with Gasteiger partial charge in [-0.15, -0.1) is 0 Å². The molecule has 0 aliphatic carbocycles. The van der Waals surface area contributed by atoms with Crippen molar-refractivity contribution in [2.45, 2.75) is 19.4 Å². The topological polar surface area (TPSA) is 124 Å². The van der Waals surface area contributed by atoms with Gasteiger partial charge in [-0.2, -0.15) is 4.98 Å². The number of anilines is 3. The fourth-order valence-corrected chi connectivity index (χ4v) is 4.04. The Labute approximate surface area is 215 Å². The fraction of sp³-hybridized carbons (Fsp3) is 0.346. The highest BCUT2D eigenvalue weighted by atomic mass is 16.5. The number of rotatable bonds is 9. The first kappa shape index (κ1) is 25.7. The van der Waals surface area contributed by atoms with E-state index in [0.29, 0.717) is 60.5 Å². The first-order valence-corrected chi connectivity index (χ1v) is 12.1. The monoisotopic (exact) mass is 505 g/mol. The Balaban J connectivity index is 1.58. The van der Waals surface area contributed by atoms with Gasteiger partial charge in [0.15, 0.2) is 0 Å². The largest absolute Gasteiger partial charge is 0.484 e. The molecule has 3 aromatic rings. The summed E-state index contributed by atoms with van der Waals surface area (Å²) in [4.78, 5) is 42.9. The van der Waals surface area contributed by atoms with E-state index >= 15 is 0 Å². The Morgan fingerprint density at radius 1 is 1.22 bits per heavy atom. The zero-order valence-corrected chi connectivity index (χ0v) is 21.2. The summed E-state index contributed by atoms with van der Waals surface area (Å²) in [5, 5.41) is 12.3. The van der Waals surface area contributed by atoms with E-state index in [9.17, 15) is 14.7 Å². The van der Waals surface area contributed by atoms with Gasteiger partial charge in [0.2, 0.25) is 5.95 Å². The Bertz CT molecular complexity index is 1240. The lowest BCUT2D eigenvalue weighted by molar-refractivity contribution is 0.0989. The Morgan fingerprint density at radius 3 is 2.78 bits per heavy atom. The van der Waals surface area contributed by atoms with Crippen LogP contribution in [-0.4, -0.2) is 77.2 Å². The number of pyridine rings is 1. The maximum absolute atomic E-state index is 13.5. The molecule has 11 heteroatoms. The average Bonchev–Trinajstić information content (AvgIpc) is 3.03. The quantitative estimate of drug-likeness (QED) is 0.449. The molecule has 2 amide bonds. The molecule has 0 saturated carbocycles. The highest BCUT2D eigenvalue weighted by Gasteiger charge is 2.28. The van der Waals surface area contributed by atoms with Crippen LogP contribution in [0.25, 0.3) is 0 Å². The molecule has 194 valence electrons. The van der Waals surface area contributed by atoms with Crippen molar-refractivity contribution in [2.24, 2.45) is 0 Å². The van der Waals surface area contributed by atoms with Crippen LogP contribution in [0.4, 0.5) is 22.2 Å². The van der Waals surface area contributed by atoms with E-state index in [4.69, 9.17) is 4.74 Å². The SMILES string of the molecule is CCNc1ncc2c(n1)N(C)CCN(c1cccc(OC(CCN(C)C(=O)O)c3ccccn3)c1)C2=O. The molecule has 1 aliphatic rings. The molecule has 0 spiro atoms. The fourth-order valence-electron chi connectivity index (χ4n) is 4.04. The predicted molar refractivity (Wildman–Crippen MR) is 140 cm³/mol. The third kappa shape index (κ3) is 6.05. The highest BCUT2D eigenvalue weighted by Crippen LogP contribution is 2.30. The minimum Gasteiger partial charge on any atom is -0.484 e. The number of nitrogens with one attached hydrogen (secondary N) is 1. The highest BCUT2D eigenvalue weighted by molar-refractivity contribution is 6.09. The minimum absolute atomic E-state index is 0.191. The van der Waals surface area contributed by atoms with E-state index in [1.165, 1.54) is 11.9 Å². The van der Waals surface area contributed by atoms with Gasteiger partial charge in [0, 0.05) is 70.8 Å². The molecule has 0 radical (unpaired) electrons. The lowest BCUT2D eigenvalue weighted by Gasteiger charge is -2.24. The van der Waals surface area contributed by atoms with E-state index in [0.717, 1.165) is 0 Å². The standard InChI is InChI=1S/C26H31N7O4/c1-4-27-25-29-17-20-23(30-25)31(2)14-15-33(24(20)34)18-8-7-9-19(16-18)37-22(11-13-32(3)26(35)36)21-10-5-6-12-28-21/h5-10,12,16-17,22H,4,11,13-15H2,1-3H3,(H,35,36)(H,27,29,30). The molecule has 2 aromatic heterocycles. The number of hydrogen-bond acceptors (Lipinski definition) is 8. The van der Waals surface area contributed by atoms with Gasteiger partial charge in [0.05, 0.1) is 5.69 Å². The molecule has 0 bridgehead atoms. The maximum Gasteiger partial charge on any atom is 0.407 e. The number of nitrogens with zero attached hydrogens (tertiary/aromatic N) is 6. The van der Waals surface area contributed by atoms with Crippen LogP contribution in [0.1, 0.15) is 35.5 Å². The summed E-state index contributed by atoms with van der Waals surface area (Å²) in [6.45, 7) is 3.97. The third-order valence-electron chi connectivity index (χ3n) is 6.08. The van der Waals surface area contributed by atoms with Crippen LogP contribution in [0, 0.1) is 0 Å². The minimum atomic E-state index is -1.01. The number of carboxylic acid groups (broad SMARTS) is 1. The first-order valence-electron chi connectivity index (χ1n) is 12.1. The molecular weight excluding hydrogens is 474 g/mol. The predicted octanol–water partition coefficient (Wildman–Crippen LogP) is 3.52. The number of benzene rings is 1. The van der Waals surface area contributed by atoms with Crippen LogP contribution in [0.15, 0.2) is 54.9 Å². The number of hydrogen-bond donors (Lipinski definition) is 2. The molecule has 4 rings (SSSR count). The smallest absolute Gasteiger partial charge is 0.407 e. The number of fused-ring (bicyclic) bond motifs is 1. The van der Waals surface area contributed by atoms with Crippen LogP contribution in [0.3, 0.4) is 0 Å². The van der Waals surface area contributed by atoms with Crippen molar-refractivity contribution in [3.05, 3.63) is 66.1 Å². The maximum atomic E-state index is 13.5. The number of aromatic nitrogens is 3. The Kier molecular flexibility index (Phi) is 8.02. The second-order valence-corrected chi connectivity index (χ2v) is 8.69. The molecular formula is C26H31N7O4. The van der Waals surface area contributed by atoms with Crippen LogP contribution in [-0.2, 0) is 0 Å². The van der Waals surface area contributed by atoms with Crippen molar-refractivity contribution in [1.82, 2.24) is 19.9 Å². The van der Waals surface area contributed by atoms with Gasteiger partial charge in [-0.25, -0.2) is 9.78 Å². The molecule has 37 heavy (non-hydrogen) atoms. The zero-order chi connectivity index (χ0) is 26.4. The summed E-state index contributed by atoms with van der Waals surface area (Å²) in [6.07, 6.45) is 2.18. The number of likely N-dealkylation sites (N-methyl/N-ethyl adjacent to an activating group) is 1. The van der Waals surface area contributed by atoms with Gasteiger partial charge in [0.25, 0.3) is 5.91 Å². The molecule has 11 nitrogen and oxygen atoms in total. The molecule has 1 unspecified atom stereocenters. The zero-order valence-electron chi connectivity index (χ0n) is 21.2. The molecule has 3 heterocycles. The molecule has 1 atom stereocenters. The Hall–Kier alpha value is -4.41. The number of carbonyl (C=O) groups is 2. The average molecular weight is 506 g/mol. The van der Waals surface area contributed by atoms with Crippen LogP contribution in [0.5, 0.6) is 5.75 Å². The Morgan fingerprint density at radius 2 is 2.05 bits per heavy atom. The second-order valence-electron chi connectivity index (χ2n) is 8.69. The van der Waals surface area contributed by atoms with Crippen LogP contribution < -0.4 is 19.9 Å². The van der Waals surface area contributed by atoms with Crippen molar-refractivity contribution in [1.29, 1.82) is 0 Å². The summed E-state index contributed by atoms with van der Waals surface area (Å²) in [5.41, 5.74) is 1.81. The second kappa shape index (κ2) is 11.5. The molecule has 1 aromatic carbocycles. The van der Waals surface area contributed by atoms with E-state index in [-0.39, 0.29) is 12.5 Å². The van der Waals surface area contributed by atoms with Gasteiger partial charge in [-0.05, 0) is 31.2 Å². The summed E-state index contributed by atoms with van der Waals surface area (Å²) in [6, 6.07) is 12.8. The van der Waals surface area contributed by atoms with Crippen LogP contribution >= 0.6 is 0 Å². The van der Waals surface area contributed by atoms with Gasteiger partial charge in [-0.3, -0.25) is 9.78 Å². The van der Waals surface area contributed by atoms with E-state index in [1.54, 1.807) is 17.3 Å². The van der Waals surface area contributed by atoms with E-state index < -0.39 is 12.2 Å². The molecule has 0 saturated heterocycles. The van der Waals surface area contributed by atoms with Gasteiger partial charge >= 0.3 is 6.09 Å². The lowest BCUT2D eigenvalue weighted by atomic mass is 10.1. The van der Waals surface area contributed by atoms with Crippen molar-refractivity contribution < 1.29 is 19.4 Å². The summed E-state index contributed by atoms with van der Waals surface area (Å²) in [5.74, 6) is 1.43. The first-order chi connectivity index (χ1) is 17.9. The molecule has 0 fully saturated rings. The normalized spacial score (nSPS) is 14.0. The number of ether oxygens (including phenoxy) is 1. The number of amides is 2.